The van der Waals surface area contributed by atoms with Gasteiger partial charge in [-0.25, -0.2) is 4.98 Å². The number of benzene rings is 2. The molecule has 15 heteroatoms. The number of alkyl halides is 3. The van der Waals surface area contributed by atoms with Gasteiger partial charge in [0, 0.05) is 56.2 Å². The van der Waals surface area contributed by atoms with Gasteiger partial charge < -0.3 is 39.2 Å². The molecule has 0 radical (unpaired) electrons. The highest BCUT2D eigenvalue weighted by molar-refractivity contribution is 7.70. The molecule has 3 aliphatic rings. The molecule has 3 aromatic rings. The van der Waals surface area contributed by atoms with Crippen LogP contribution in [0.2, 0.25) is 0 Å². The van der Waals surface area contributed by atoms with E-state index in [4.69, 9.17) is 14.2 Å². The summed E-state index contributed by atoms with van der Waals surface area (Å²) in [6, 6.07) is 8.15. The number of hydrogen-bond acceptors (Lipinski definition) is 11. The van der Waals surface area contributed by atoms with Gasteiger partial charge in [0.2, 0.25) is 5.95 Å². The second-order valence-corrected chi connectivity index (χ2v) is 16.6. The number of aryl methyl sites for hydroxylation is 1. The minimum Gasteiger partial charge on any atom is -0.494 e. The number of likely N-dealkylation sites (N-methyl/N-ethyl adjacent to an activating group) is 1. The standard InChI is InChI=1S/C34H45F3N7O4P/c1-21-17-26(29(46-4)18-27(21)43-12-9-22(10-13-43)44-14-11-23(20-44)42(2)3)40-33-38-19-24(34(35,36)37)32(41-33)39-25-7-8-28-30(48-16-15-47-28)31(25)49(5,6)45/h7-8,17-19,22-23H,9-16,20H2,1-6H3,(H2,38,39,40,41). The van der Waals surface area contributed by atoms with Crippen LogP contribution in [0.15, 0.2) is 30.5 Å². The average Bonchev–Trinajstić information content (AvgIpc) is 3.55. The number of anilines is 5. The van der Waals surface area contributed by atoms with Crippen LogP contribution in [0.25, 0.3) is 0 Å². The third-order valence-corrected chi connectivity index (χ3v) is 11.1. The Kier molecular flexibility index (Phi) is 9.94. The summed E-state index contributed by atoms with van der Waals surface area (Å²) in [6.45, 7) is 9.70. The Balaban J connectivity index is 1.24. The van der Waals surface area contributed by atoms with E-state index >= 15 is 0 Å². The molecule has 3 aliphatic heterocycles. The quantitative estimate of drug-likeness (QED) is 0.260. The number of hydrogen-bond donors (Lipinski definition) is 2. The zero-order valence-corrected chi connectivity index (χ0v) is 29.8. The molecule has 0 aliphatic carbocycles. The first-order valence-corrected chi connectivity index (χ1v) is 19.1. The Labute approximate surface area is 285 Å². The van der Waals surface area contributed by atoms with Gasteiger partial charge >= 0.3 is 6.18 Å². The van der Waals surface area contributed by atoms with Crippen molar-refractivity contribution in [2.45, 2.75) is 44.4 Å². The zero-order valence-electron chi connectivity index (χ0n) is 28.9. The van der Waals surface area contributed by atoms with Crippen LogP contribution in [0.3, 0.4) is 0 Å². The lowest BCUT2D eigenvalue weighted by Gasteiger charge is -2.38. The predicted molar refractivity (Wildman–Crippen MR) is 187 cm³/mol. The van der Waals surface area contributed by atoms with Gasteiger partial charge in [0.15, 0.2) is 11.5 Å². The monoisotopic (exact) mass is 703 g/mol. The molecule has 2 saturated heterocycles. The fourth-order valence-corrected chi connectivity index (χ4v) is 8.38. The van der Waals surface area contributed by atoms with Gasteiger partial charge in [0.25, 0.3) is 0 Å². The lowest BCUT2D eigenvalue weighted by molar-refractivity contribution is -0.137. The lowest BCUT2D eigenvalue weighted by Crippen LogP contribution is -2.45. The largest absolute Gasteiger partial charge is 0.494 e. The molecule has 1 atom stereocenters. The first-order chi connectivity index (χ1) is 23.2. The molecule has 266 valence electrons. The molecule has 6 rings (SSSR count). The molecule has 2 N–H and O–H groups in total. The first-order valence-electron chi connectivity index (χ1n) is 16.5. The SMILES string of the molecule is COc1cc(N2CCC(N3CCC(N(C)C)C3)CC2)c(C)cc1Nc1ncc(C(F)(F)F)c(Nc2ccc3c(c2P(C)(C)=O)OCCO3)n1. The highest BCUT2D eigenvalue weighted by atomic mass is 31.2. The number of aromatic nitrogens is 2. The van der Waals surface area contributed by atoms with E-state index in [2.05, 4.69) is 49.4 Å². The fraction of sp³-hybridized carbons (Fsp3) is 0.529. The van der Waals surface area contributed by atoms with Gasteiger partial charge in [-0.05, 0) is 77.4 Å². The summed E-state index contributed by atoms with van der Waals surface area (Å²) in [7, 11) is 2.80. The Morgan fingerprint density at radius 1 is 1.02 bits per heavy atom. The second-order valence-electron chi connectivity index (χ2n) is 13.5. The van der Waals surface area contributed by atoms with E-state index in [0.717, 1.165) is 56.5 Å². The molecule has 2 aromatic carbocycles. The van der Waals surface area contributed by atoms with Crippen molar-refractivity contribution in [3.05, 3.63) is 41.6 Å². The Morgan fingerprint density at radius 3 is 2.41 bits per heavy atom. The number of piperidine rings is 1. The fourth-order valence-electron chi connectivity index (χ4n) is 7.01. The molecule has 1 aromatic heterocycles. The van der Waals surface area contributed by atoms with Gasteiger partial charge in [0.1, 0.15) is 37.5 Å². The molecule has 49 heavy (non-hydrogen) atoms. The third-order valence-electron chi connectivity index (χ3n) is 9.58. The number of ether oxygens (including phenoxy) is 3. The van der Waals surface area contributed by atoms with Gasteiger partial charge in [-0.3, -0.25) is 4.90 Å². The molecule has 0 amide bonds. The summed E-state index contributed by atoms with van der Waals surface area (Å²) in [6.07, 6.45) is -0.673. The van der Waals surface area contributed by atoms with E-state index < -0.39 is 24.7 Å². The Morgan fingerprint density at radius 2 is 1.76 bits per heavy atom. The first kappa shape index (κ1) is 35.1. The molecule has 4 heterocycles. The van der Waals surface area contributed by atoms with Crippen molar-refractivity contribution in [3.8, 4) is 17.2 Å². The van der Waals surface area contributed by atoms with Crippen LogP contribution in [0.4, 0.5) is 42.0 Å². The van der Waals surface area contributed by atoms with Crippen molar-refractivity contribution < 1.29 is 31.9 Å². The van der Waals surface area contributed by atoms with Crippen molar-refractivity contribution in [1.82, 2.24) is 19.8 Å². The molecule has 0 saturated carbocycles. The number of nitrogens with one attached hydrogen (secondary N) is 2. The molecule has 1 unspecified atom stereocenters. The van der Waals surface area contributed by atoms with Crippen LogP contribution < -0.4 is 35.0 Å². The highest BCUT2D eigenvalue weighted by Gasteiger charge is 2.37. The van der Waals surface area contributed by atoms with E-state index in [1.807, 2.05) is 19.1 Å². The Hall–Kier alpha value is -3.74. The van der Waals surface area contributed by atoms with Crippen LogP contribution in [0, 0.1) is 6.92 Å². The van der Waals surface area contributed by atoms with Gasteiger partial charge in [0.05, 0.1) is 23.8 Å². The van der Waals surface area contributed by atoms with Crippen LogP contribution in [0.5, 0.6) is 17.2 Å². The topological polar surface area (TPSA) is 104 Å². The number of likely N-dealkylation sites (tertiary alicyclic amines) is 1. The minimum atomic E-state index is -4.76. The van der Waals surface area contributed by atoms with Gasteiger partial charge in [-0.1, -0.05) is 0 Å². The molecule has 0 spiro atoms. The van der Waals surface area contributed by atoms with Crippen molar-refractivity contribution in [3.63, 3.8) is 0 Å². The van der Waals surface area contributed by atoms with Crippen molar-refractivity contribution in [1.29, 1.82) is 0 Å². The van der Waals surface area contributed by atoms with E-state index in [0.29, 0.717) is 35.9 Å². The summed E-state index contributed by atoms with van der Waals surface area (Å²) < 4.78 is 73.1. The maximum Gasteiger partial charge on any atom is 0.421 e. The van der Waals surface area contributed by atoms with Crippen LogP contribution in [-0.2, 0) is 10.7 Å². The number of halogens is 3. The van der Waals surface area contributed by atoms with Crippen LogP contribution >= 0.6 is 7.14 Å². The maximum absolute atomic E-state index is 14.2. The number of nitrogens with zero attached hydrogens (tertiary/aromatic N) is 5. The highest BCUT2D eigenvalue weighted by Crippen LogP contribution is 2.47. The van der Waals surface area contributed by atoms with Gasteiger partial charge in [-0.2, -0.15) is 18.2 Å². The summed E-state index contributed by atoms with van der Waals surface area (Å²) in [5, 5.41) is 6.11. The Bertz CT molecular complexity index is 1730. The van der Waals surface area contributed by atoms with Crippen molar-refractivity contribution in [2.75, 3.05) is 89.5 Å². The van der Waals surface area contributed by atoms with Crippen molar-refractivity contribution in [2.24, 2.45) is 0 Å². The van der Waals surface area contributed by atoms with E-state index in [1.165, 1.54) is 25.8 Å². The molecule has 0 bridgehead atoms. The van der Waals surface area contributed by atoms with E-state index in [9.17, 15) is 17.7 Å². The summed E-state index contributed by atoms with van der Waals surface area (Å²) in [5.41, 5.74) is 1.66. The maximum atomic E-state index is 14.2. The average molecular weight is 704 g/mol. The molecule has 11 nitrogen and oxygen atoms in total. The molecular formula is C34H45F3N7O4P. The normalized spacial score (nSPS) is 19.0. The van der Waals surface area contributed by atoms with Crippen LogP contribution in [-0.4, -0.2) is 106 Å². The molecular weight excluding hydrogens is 658 g/mol. The lowest BCUT2D eigenvalue weighted by atomic mass is 10.0. The van der Waals surface area contributed by atoms with E-state index in [1.54, 1.807) is 13.2 Å². The van der Waals surface area contributed by atoms with E-state index in [-0.39, 0.29) is 29.3 Å². The van der Waals surface area contributed by atoms with Crippen molar-refractivity contribution >= 4 is 41.3 Å². The number of fused-ring (bicyclic) bond motifs is 1. The minimum absolute atomic E-state index is 0.0707. The van der Waals surface area contributed by atoms with Crippen LogP contribution in [0.1, 0.15) is 30.4 Å². The number of rotatable bonds is 9. The molecule has 2 fully saturated rings. The predicted octanol–water partition coefficient (Wildman–Crippen LogP) is 5.92. The van der Waals surface area contributed by atoms with Gasteiger partial charge in [-0.15, -0.1) is 0 Å². The number of methoxy groups -OCH3 is 1. The smallest absolute Gasteiger partial charge is 0.421 e. The third kappa shape index (κ3) is 7.56. The zero-order chi connectivity index (χ0) is 35.1. The summed E-state index contributed by atoms with van der Waals surface area (Å²) in [4.78, 5) is 15.6. The second kappa shape index (κ2) is 13.9. The summed E-state index contributed by atoms with van der Waals surface area (Å²) in [5.74, 6) is 0.585. The summed E-state index contributed by atoms with van der Waals surface area (Å²) >= 11 is 0.